The van der Waals surface area contributed by atoms with Gasteiger partial charge >= 0.3 is 0 Å². The fourth-order valence-electron chi connectivity index (χ4n) is 4.45. The van der Waals surface area contributed by atoms with Gasteiger partial charge in [0.05, 0.1) is 24.5 Å². The first kappa shape index (κ1) is 17.4. The van der Waals surface area contributed by atoms with E-state index in [1.165, 1.54) is 0 Å². The van der Waals surface area contributed by atoms with Crippen LogP contribution in [0, 0.1) is 11.8 Å². The summed E-state index contributed by atoms with van der Waals surface area (Å²) in [7, 11) is 0. The number of halogens is 1. The van der Waals surface area contributed by atoms with E-state index in [0.29, 0.717) is 18.1 Å². The molecule has 5 rings (SSSR count). The zero-order valence-electron chi connectivity index (χ0n) is 14.9. The van der Waals surface area contributed by atoms with Crippen molar-refractivity contribution in [2.45, 2.75) is 18.2 Å². The van der Waals surface area contributed by atoms with Crippen LogP contribution in [0.25, 0.3) is 0 Å². The third-order valence-corrected chi connectivity index (χ3v) is 5.98. The molecule has 0 unspecified atom stereocenters. The minimum absolute atomic E-state index is 0.0873. The fraction of sp³-hybridized carbons (Fsp3) is 0.286. The van der Waals surface area contributed by atoms with E-state index in [-0.39, 0.29) is 17.9 Å². The molecule has 7 heteroatoms. The normalized spacial score (nSPS) is 30.0. The molecule has 2 fully saturated rings. The molecule has 4 heterocycles. The van der Waals surface area contributed by atoms with E-state index < -0.39 is 17.4 Å². The lowest BCUT2D eigenvalue weighted by atomic mass is 9.77. The van der Waals surface area contributed by atoms with Crippen LogP contribution >= 0.6 is 11.6 Å². The Balaban J connectivity index is 1.38. The topological polar surface area (TPSA) is 71.5 Å². The number of pyridine rings is 1. The van der Waals surface area contributed by atoms with Crippen LogP contribution in [0.5, 0.6) is 0 Å². The second kappa shape index (κ2) is 6.43. The number of aromatic nitrogens is 1. The molecule has 1 aromatic carbocycles. The van der Waals surface area contributed by atoms with Gasteiger partial charge in [-0.15, -0.1) is 0 Å². The zero-order valence-corrected chi connectivity index (χ0v) is 15.7. The fourth-order valence-corrected chi connectivity index (χ4v) is 4.57. The summed E-state index contributed by atoms with van der Waals surface area (Å²) in [5, 5.41) is 3.55. The highest BCUT2D eigenvalue weighted by atomic mass is 35.5. The standard InChI is InChI=1S/C21H18ClN3O3/c22-14-3-5-15(6-4-14)25-12-21-8-7-16(28-21)17(18(21)20(25)27)19(26)24-11-13-2-1-9-23-10-13/h1-10,16-18H,11-12H2,(H,24,26)/t16-,17+,18-,21-/m1/s1. The molecule has 0 aliphatic carbocycles. The van der Waals surface area contributed by atoms with Crippen molar-refractivity contribution in [3.63, 3.8) is 0 Å². The van der Waals surface area contributed by atoms with Crippen LogP contribution in [-0.4, -0.2) is 35.0 Å². The van der Waals surface area contributed by atoms with Crippen LogP contribution in [0.15, 0.2) is 60.9 Å². The smallest absolute Gasteiger partial charge is 0.234 e. The van der Waals surface area contributed by atoms with Gasteiger partial charge in [-0.1, -0.05) is 29.8 Å². The lowest BCUT2D eigenvalue weighted by Crippen LogP contribution is -2.44. The molecule has 3 aliphatic rings. The Morgan fingerprint density at radius 3 is 2.89 bits per heavy atom. The molecule has 1 aromatic heterocycles. The van der Waals surface area contributed by atoms with Gasteiger partial charge in [0.1, 0.15) is 5.60 Å². The van der Waals surface area contributed by atoms with Crippen molar-refractivity contribution in [1.82, 2.24) is 10.3 Å². The summed E-state index contributed by atoms with van der Waals surface area (Å²) in [6.07, 6.45) is 6.88. The van der Waals surface area contributed by atoms with E-state index >= 15 is 0 Å². The molecule has 2 aromatic rings. The molecular weight excluding hydrogens is 378 g/mol. The maximum absolute atomic E-state index is 13.2. The van der Waals surface area contributed by atoms with Crippen LogP contribution in [-0.2, 0) is 20.9 Å². The van der Waals surface area contributed by atoms with Crippen LogP contribution in [0.4, 0.5) is 5.69 Å². The van der Waals surface area contributed by atoms with Gasteiger partial charge in [-0.3, -0.25) is 14.6 Å². The summed E-state index contributed by atoms with van der Waals surface area (Å²) in [6, 6.07) is 10.8. The predicted octanol–water partition coefficient (Wildman–Crippen LogP) is 2.34. The van der Waals surface area contributed by atoms with Crippen molar-refractivity contribution < 1.29 is 14.3 Å². The highest BCUT2D eigenvalue weighted by Crippen LogP contribution is 2.52. The Morgan fingerprint density at radius 1 is 1.32 bits per heavy atom. The quantitative estimate of drug-likeness (QED) is 0.806. The molecule has 1 spiro atoms. The first-order chi connectivity index (χ1) is 13.6. The van der Waals surface area contributed by atoms with Gasteiger partial charge in [-0.2, -0.15) is 0 Å². The molecule has 28 heavy (non-hydrogen) atoms. The second-order valence-corrected chi connectivity index (χ2v) is 7.82. The summed E-state index contributed by atoms with van der Waals surface area (Å²) < 4.78 is 6.14. The number of hydrogen-bond donors (Lipinski definition) is 1. The molecule has 2 bridgehead atoms. The van der Waals surface area contributed by atoms with E-state index in [2.05, 4.69) is 10.3 Å². The Hall–Kier alpha value is -2.70. The monoisotopic (exact) mass is 395 g/mol. The summed E-state index contributed by atoms with van der Waals surface area (Å²) in [5.41, 5.74) is 0.927. The number of rotatable bonds is 4. The SMILES string of the molecule is O=C(NCc1cccnc1)[C@H]1[C@H]2C=C[C@]3(CN(c4ccc(Cl)cc4)C(=O)[C@@H]13)O2. The Morgan fingerprint density at radius 2 is 2.14 bits per heavy atom. The number of carbonyl (C=O) groups excluding carboxylic acids is 2. The number of nitrogens with zero attached hydrogens (tertiary/aromatic N) is 2. The molecule has 2 amide bonds. The average Bonchev–Trinajstić information content (AvgIpc) is 3.36. The van der Waals surface area contributed by atoms with E-state index in [9.17, 15) is 9.59 Å². The summed E-state index contributed by atoms with van der Waals surface area (Å²) in [6.45, 7) is 0.770. The molecule has 4 atom stereocenters. The van der Waals surface area contributed by atoms with Crippen molar-refractivity contribution in [2.75, 3.05) is 11.4 Å². The lowest BCUT2D eigenvalue weighted by molar-refractivity contribution is -0.132. The number of ether oxygens (including phenoxy) is 1. The third-order valence-electron chi connectivity index (χ3n) is 5.73. The molecule has 3 aliphatic heterocycles. The van der Waals surface area contributed by atoms with Gasteiger partial charge in [0, 0.05) is 29.6 Å². The van der Waals surface area contributed by atoms with Gasteiger partial charge in [-0.05, 0) is 35.9 Å². The molecule has 1 N–H and O–H groups in total. The van der Waals surface area contributed by atoms with Crippen molar-refractivity contribution in [2.24, 2.45) is 11.8 Å². The van der Waals surface area contributed by atoms with E-state index in [1.54, 1.807) is 29.4 Å². The largest absolute Gasteiger partial charge is 0.360 e. The number of amides is 2. The minimum atomic E-state index is -0.738. The summed E-state index contributed by atoms with van der Waals surface area (Å²) in [5.74, 6) is -1.31. The van der Waals surface area contributed by atoms with Gasteiger partial charge in [0.15, 0.2) is 0 Å². The van der Waals surface area contributed by atoms with Crippen molar-refractivity contribution in [3.8, 4) is 0 Å². The van der Waals surface area contributed by atoms with Crippen molar-refractivity contribution in [3.05, 3.63) is 71.5 Å². The summed E-state index contributed by atoms with van der Waals surface area (Å²) in [4.78, 5) is 31.9. The van der Waals surface area contributed by atoms with Crippen LogP contribution < -0.4 is 10.2 Å². The first-order valence-corrected chi connectivity index (χ1v) is 9.56. The number of fused-ring (bicyclic) bond motifs is 1. The van der Waals surface area contributed by atoms with Gasteiger partial charge in [0.2, 0.25) is 11.8 Å². The van der Waals surface area contributed by atoms with Crippen LogP contribution in [0.1, 0.15) is 5.56 Å². The number of anilines is 1. The number of nitrogens with one attached hydrogen (secondary N) is 1. The lowest BCUT2D eigenvalue weighted by Gasteiger charge is -2.23. The molecule has 0 saturated carbocycles. The Labute approximate surface area is 167 Å². The van der Waals surface area contributed by atoms with E-state index in [0.717, 1.165) is 11.3 Å². The molecule has 142 valence electrons. The Kier molecular flexibility index (Phi) is 4.00. The van der Waals surface area contributed by atoms with Crippen LogP contribution in [0.2, 0.25) is 5.02 Å². The first-order valence-electron chi connectivity index (χ1n) is 9.18. The van der Waals surface area contributed by atoms with E-state index in [1.807, 2.05) is 36.4 Å². The molecular formula is C21H18ClN3O3. The second-order valence-electron chi connectivity index (χ2n) is 7.38. The summed E-state index contributed by atoms with van der Waals surface area (Å²) >= 11 is 5.97. The van der Waals surface area contributed by atoms with Gasteiger partial charge < -0.3 is 15.0 Å². The molecule has 2 saturated heterocycles. The maximum Gasteiger partial charge on any atom is 0.234 e. The maximum atomic E-state index is 13.2. The number of hydrogen-bond acceptors (Lipinski definition) is 4. The highest BCUT2D eigenvalue weighted by Gasteiger charge is 2.67. The molecule has 6 nitrogen and oxygen atoms in total. The third kappa shape index (κ3) is 2.64. The predicted molar refractivity (Wildman–Crippen MR) is 104 cm³/mol. The van der Waals surface area contributed by atoms with Crippen molar-refractivity contribution in [1.29, 1.82) is 0 Å². The van der Waals surface area contributed by atoms with Crippen molar-refractivity contribution >= 4 is 29.1 Å². The highest BCUT2D eigenvalue weighted by molar-refractivity contribution is 6.30. The van der Waals surface area contributed by atoms with Crippen LogP contribution in [0.3, 0.4) is 0 Å². The Bertz CT molecular complexity index is 963. The zero-order chi connectivity index (χ0) is 19.3. The van der Waals surface area contributed by atoms with Gasteiger partial charge in [0.25, 0.3) is 0 Å². The van der Waals surface area contributed by atoms with E-state index in [4.69, 9.17) is 16.3 Å². The van der Waals surface area contributed by atoms with Gasteiger partial charge in [-0.25, -0.2) is 0 Å². The minimum Gasteiger partial charge on any atom is -0.360 e. The number of benzene rings is 1. The average molecular weight is 396 g/mol. The number of carbonyl (C=O) groups is 2. The molecule has 0 radical (unpaired) electrons.